The zero-order valence-corrected chi connectivity index (χ0v) is 11.8. The van der Waals surface area contributed by atoms with Crippen molar-refractivity contribution >= 4 is 23.2 Å². The first-order chi connectivity index (χ1) is 8.69. The lowest BCUT2D eigenvalue weighted by molar-refractivity contribution is 0.108. The van der Waals surface area contributed by atoms with E-state index in [0.29, 0.717) is 0 Å². The van der Waals surface area contributed by atoms with Crippen LogP contribution in [-0.4, -0.2) is 54.2 Å². The first kappa shape index (κ1) is 14.1. The minimum Gasteiger partial charge on any atom is -0.395 e. The Balaban J connectivity index is 1.89. The first-order valence-corrected chi connectivity index (χ1v) is 6.94. The Morgan fingerprint density at radius 1 is 1.06 bits per heavy atom. The highest BCUT2D eigenvalue weighted by Gasteiger charge is 2.17. The van der Waals surface area contributed by atoms with Gasteiger partial charge in [0.05, 0.1) is 6.61 Å². The number of hydrogen-bond donors (Lipinski definition) is 1. The van der Waals surface area contributed by atoms with Crippen LogP contribution >= 0.6 is 23.2 Å². The third-order valence-electron chi connectivity index (χ3n) is 3.28. The highest BCUT2D eigenvalue weighted by atomic mass is 35.5. The molecule has 0 spiro atoms. The summed E-state index contributed by atoms with van der Waals surface area (Å²) >= 11 is 12.2. The maximum Gasteiger partial charge on any atom is 0.0558 e. The largest absolute Gasteiger partial charge is 0.395 e. The molecule has 0 aromatic heterocycles. The smallest absolute Gasteiger partial charge is 0.0558 e. The fraction of sp³-hybridized carbons (Fsp3) is 0.538. The minimum absolute atomic E-state index is 0.236. The fourth-order valence-corrected chi connectivity index (χ4v) is 2.59. The van der Waals surface area contributed by atoms with Gasteiger partial charge in [-0.15, -0.1) is 0 Å². The monoisotopic (exact) mass is 288 g/mol. The van der Waals surface area contributed by atoms with Crippen LogP contribution < -0.4 is 0 Å². The molecule has 100 valence electrons. The van der Waals surface area contributed by atoms with Crippen LogP contribution in [0.15, 0.2) is 18.2 Å². The van der Waals surface area contributed by atoms with Gasteiger partial charge in [-0.1, -0.05) is 23.2 Å². The van der Waals surface area contributed by atoms with Crippen molar-refractivity contribution in [1.29, 1.82) is 0 Å². The number of hydrogen-bond acceptors (Lipinski definition) is 3. The van der Waals surface area contributed by atoms with Gasteiger partial charge in [-0.2, -0.15) is 0 Å². The summed E-state index contributed by atoms with van der Waals surface area (Å²) in [5, 5.41) is 10.4. The molecule has 1 N–H and O–H groups in total. The third-order valence-corrected chi connectivity index (χ3v) is 3.89. The third kappa shape index (κ3) is 3.84. The van der Waals surface area contributed by atoms with Crippen molar-refractivity contribution in [1.82, 2.24) is 9.80 Å². The molecular weight excluding hydrogens is 271 g/mol. The van der Waals surface area contributed by atoms with E-state index in [0.717, 1.165) is 54.9 Å². The van der Waals surface area contributed by atoms with E-state index in [-0.39, 0.29) is 6.61 Å². The molecule has 1 aromatic rings. The van der Waals surface area contributed by atoms with Crippen molar-refractivity contribution in [3.63, 3.8) is 0 Å². The average molecular weight is 289 g/mol. The molecule has 5 heteroatoms. The standard InChI is InChI=1S/C13H18Cl2N2O/c14-12-1-2-13(15)11(9-12)10-17-5-3-16(4-6-17)7-8-18/h1-2,9,18H,3-8,10H2. The van der Waals surface area contributed by atoms with Crippen molar-refractivity contribution in [2.45, 2.75) is 6.54 Å². The maximum atomic E-state index is 8.90. The summed E-state index contributed by atoms with van der Waals surface area (Å²) in [6.07, 6.45) is 0. The van der Waals surface area contributed by atoms with Gasteiger partial charge in [-0.25, -0.2) is 0 Å². The van der Waals surface area contributed by atoms with Crippen LogP contribution in [0.5, 0.6) is 0 Å². The normalized spacial score (nSPS) is 18.2. The predicted octanol–water partition coefficient (Wildman–Crippen LogP) is 2.10. The minimum atomic E-state index is 0.236. The summed E-state index contributed by atoms with van der Waals surface area (Å²) in [5.74, 6) is 0. The summed E-state index contributed by atoms with van der Waals surface area (Å²) in [6, 6.07) is 5.60. The summed E-state index contributed by atoms with van der Waals surface area (Å²) < 4.78 is 0. The molecule has 0 radical (unpaired) electrons. The van der Waals surface area contributed by atoms with Gasteiger partial charge >= 0.3 is 0 Å². The second-order valence-corrected chi connectivity index (χ2v) is 5.42. The lowest BCUT2D eigenvalue weighted by Gasteiger charge is -2.34. The lowest BCUT2D eigenvalue weighted by atomic mass is 10.2. The topological polar surface area (TPSA) is 26.7 Å². The molecule has 0 bridgehead atoms. The summed E-state index contributed by atoms with van der Waals surface area (Å²) in [6.45, 7) is 5.85. The highest BCUT2D eigenvalue weighted by Crippen LogP contribution is 2.22. The number of halogens is 2. The highest BCUT2D eigenvalue weighted by molar-refractivity contribution is 6.33. The Morgan fingerprint density at radius 3 is 2.39 bits per heavy atom. The molecular formula is C13H18Cl2N2O. The van der Waals surface area contributed by atoms with Crippen LogP contribution in [0.2, 0.25) is 10.0 Å². The molecule has 3 nitrogen and oxygen atoms in total. The second-order valence-electron chi connectivity index (χ2n) is 4.58. The van der Waals surface area contributed by atoms with Crippen LogP contribution in [0.1, 0.15) is 5.56 Å². The number of aliphatic hydroxyl groups excluding tert-OH is 1. The summed E-state index contributed by atoms with van der Waals surface area (Å²) in [7, 11) is 0. The molecule has 1 aliphatic heterocycles. The molecule has 1 fully saturated rings. The van der Waals surface area contributed by atoms with E-state index in [1.165, 1.54) is 0 Å². The molecule has 1 aliphatic rings. The van der Waals surface area contributed by atoms with E-state index >= 15 is 0 Å². The molecule has 2 rings (SSSR count). The summed E-state index contributed by atoms with van der Waals surface area (Å²) in [4.78, 5) is 4.64. The van der Waals surface area contributed by atoms with Crippen LogP contribution in [-0.2, 0) is 6.54 Å². The Bertz CT molecular complexity index is 393. The molecule has 0 atom stereocenters. The second kappa shape index (κ2) is 6.73. The summed E-state index contributed by atoms with van der Waals surface area (Å²) in [5.41, 5.74) is 1.08. The Labute approximate surface area is 118 Å². The predicted molar refractivity (Wildman–Crippen MR) is 75.3 cm³/mol. The quantitative estimate of drug-likeness (QED) is 0.919. The van der Waals surface area contributed by atoms with Crippen LogP contribution in [0.4, 0.5) is 0 Å². The van der Waals surface area contributed by atoms with Crippen molar-refractivity contribution in [2.24, 2.45) is 0 Å². The van der Waals surface area contributed by atoms with Gasteiger partial charge < -0.3 is 5.11 Å². The molecule has 18 heavy (non-hydrogen) atoms. The zero-order chi connectivity index (χ0) is 13.0. The van der Waals surface area contributed by atoms with E-state index in [2.05, 4.69) is 9.80 Å². The Kier molecular flexibility index (Phi) is 5.27. The number of benzene rings is 1. The van der Waals surface area contributed by atoms with Gasteiger partial charge in [0.1, 0.15) is 0 Å². The van der Waals surface area contributed by atoms with E-state index < -0.39 is 0 Å². The molecule has 0 unspecified atom stereocenters. The van der Waals surface area contributed by atoms with E-state index in [9.17, 15) is 0 Å². The van der Waals surface area contributed by atoms with Gasteiger partial charge in [0.2, 0.25) is 0 Å². The van der Waals surface area contributed by atoms with Crippen molar-refractivity contribution in [2.75, 3.05) is 39.3 Å². The zero-order valence-electron chi connectivity index (χ0n) is 10.3. The van der Waals surface area contributed by atoms with Crippen LogP contribution in [0, 0.1) is 0 Å². The Morgan fingerprint density at radius 2 is 1.72 bits per heavy atom. The van der Waals surface area contributed by atoms with E-state index in [1.807, 2.05) is 18.2 Å². The average Bonchev–Trinajstić information content (AvgIpc) is 2.37. The molecule has 1 aromatic carbocycles. The van der Waals surface area contributed by atoms with Crippen molar-refractivity contribution < 1.29 is 5.11 Å². The van der Waals surface area contributed by atoms with E-state index in [4.69, 9.17) is 28.3 Å². The molecule has 0 aliphatic carbocycles. The van der Waals surface area contributed by atoms with Crippen molar-refractivity contribution in [3.05, 3.63) is 33.8 Å². The number of nitrogens with zero attached hydrogens (tertiary/aromatic N) is 2. The number of rotatable bonds is 4. The Hall–Kier alpha value is -0.320. The van der Waals surface area contributed by atoms with Crippen LogP contribution in [0.3, 0.4) is 0 Å². The molecule has 0 saturated carbocycles. The SMILES string of the molecule is OCCN1CCN(Cc2cc(Cl)ccc2Cl)CC1. The van der Waals surface area contributed by atoms with Gasteiger partial charge in [0.25, 0.3) is 0 Å². The first-order valence-electron chi connectivity index (χ1n) is 6.18. The van der Waals surface area contributed by atoms with Gasteiger partial charge in [0, 0.05) is 49.3 Å². The van der Waals surface area contributed by atoms with Crippen LogP contribution in [0.25, 0.3) is 0 Å². The van der Waals surface area contributed by atoms with Gasteiger partial charge in [0.15, 0.2) is 0 Å². The molecule has 1 heterocycles. The maximum absolute atomic E-state index is 8.90. The number of aliphatic hydroxyl groups is 1. The van der Waals surface area contributed by atoms with Crippen molar-refractivity contribution in [3.8, 4) is 0 Å². The number of piperazine rings is 1. The fourth-order valence-electron chi connectivity index (χ4n) is 2.22. The lowest BCUT2D eigenvalue weighted by Crippen LogP contribution is -2.46. The van der Waals surface area contributed by atoms with Gasteiger partial charge in [-0.3, -0.25) is 9.80 Å². The number of β-amino-alcohol motifs (C(OH)–C–C–N with tert-alkyl or cyclic N) is 1. The molecule has 0 amide bonds. The van der Waals surface area contributed by atoms with E-state index in [1.54, 1.807) is 0 Å². The van der Waals surface area contributed by atoms with Gasteiger partial charge in [-0.05, 0) is 23.8 Å². The molecule has 1 saturated heterocycles.